The van der Waals surface area contributed by atoms with Crippen molar-refractivity contribution in [3.05, 3.63) is 29.3 Å². The van der Waals surface area contributed by atoms with Gasteiger partial charge in [-0.2, -0.15) is 0 Å². The first-order valence-corrected chi connectivity index (χ1v) is 11.4. The maximum absolute atomic E-state index is 12.8. The Hall–Kier alpha value is -2.61. The third-order valence-electron chi connectivity index (χ3n) is 6.78. The Morgan fingerprint density at radius 1 is 1.16 bits per heavy atom. The molecule has 3 aliphatic heterocycles. The van der Waals surface area contributed by atoms with Gasteiger partial charge >= 0.3 is 0 Å². The van der Waals surface area contributed by atoms with E-state index in [1.54, 1.807) is 11.8 Å². The number of rotatable bonds is 5. The molecule has 3 N–H and O–H groups in total. The smallest absolute Gasteiger partial charge is 0.255 e. The van der Waals surface area contributed by atoms with Crippen molar-refractivity contribution in [2.75, 3.05) is 38.0 Å². The van der Waals surface area contributed by atoms with Gasteiger partial charge in [0, 0.05) is 38.2 Å². The molecule has 168 valence electrons. The van der Waals surface area contributed by atoms with Crippen molar-refractivity contribution in [3.8, 4) is 0 Å². The second kappa shape index (κ2) is 8.86. The minimum Gasteiger partial charge on any atom is -0.362 e. The van der Waals surface area contributed by atoms with Crippen molar-refractivity contribution >= 4 is 23.4 Å². The van der Waals surface area contributed by atoms with Gasteiger partial charge in [-0.05, 0) is 63.9 Å². The Labute approximate surface area is 183 Å². The van der Waals surface area contributed by atoms with Crippen LogP contribution in [0, 0.1) is 6.92 Å². The van der Waals surface area contributed by atoms with Gasteiger partial charge in [0.25, 0.3) is 5.91 Å². The molecule has 8 nitrogen and oxygen atoms in total. The summed E-state index contributed by atoms with van der Waals surface area (Å²) in [4.78, 5) is 42.2. The molecule has 8 heteroatoms. The number of carbonyl (C=O) groups excluding carboxylic acids is 3. The van der Waals surface area contributed by atoms with Gasteiger partial charge in [-0.15, -0.1) is 0 Å². The Morgan fingerprint density at radius 3 is 2.71 bits per heavy atom. The molecule has 2 fully saturated rings. The Morgan fingerprint density at radius 2 is 1.94 bits per heavy atom. The van der Waals surface area contributed by atoms with E-state index in [1.807, 2.05) is 25.1 Å². The van der Waals surface area contributed by atoms with E-state index in [2.05, 4.69) is 20.9 Å². The van der Waals surface area contributed by atoms with Crippen molar-refractivity contribution in [2.24, 2.45) is 0 Å². The SMILES string of the molecule is Cc1ccc2c(c1)N[C@]1(CCC(=O)N([C@@H](C)C(=O)NCCN3CCCC3)CC1)NC2=O. The van der Waals surface area contributed by atoms with Crippen molar-refractivity contribution < 1.29 is 14.4 Å². The first-order valence-electron chi connectivity index (χ1n) is 11.4. The van der Waals surface area contributed by atoms with E-state index in [1.165, 1.54) is 12.8 Å². The number of likely N-dealkylation sites (tertiary alicyclic amines) is 2. The van der Waals surface area contributed by atoms with E-state index in [0.717, 1.165) is 30.9 Å². The summed E-state index contributed by atoms with van der Waals surface area (Å²) < 4.78 is 0. The lowest BCUT2D eigenvalue weighted by molar-refractivity contribution is -0.139. The Bertz CT molecular complexity index is 867. The lowest BCUT2D eigenvalue weighted by Crippen LogP contribution is -2.58. The summed E-state index contributed by atoms with van der Waals surface area (Å²) in [7, 11) is 0. The number of hydrogen-bond donors (Lipinski definition) is 3. The molecule has 3 heterocycles. The molecule has 2 saturated heterocycles. The lowest BCUT2D eigenvalue weighted by Gasteiger charge is -2.40. The van der Waals surface area contributed by atoms with Crippen LogP contribution in [0.25, 0.3) is 0 Å². The van der Waals surface area contributed by atoms with Crippen LogP contribution >= 0.6 is 0 Å². The molecular weight excluding hydrogens is 394 g/mol. The number of hydrogen-bond acceptors (Lipinski definition) is 5. The van der Waals surface area contributed by atoms with Gasteiger partial charge in [-0.3, -0.25) is 14.4 Å². The van der Waals surface area contributed by atoms with Crippen LogP contribution in [0.15, 0.2) is 18.2 Å². The Balaban J connectivity index is 1.38. The van der Waals surface area contributed by atoms with E-state index in [-0.39, 0.29) is 24.1 Å². The van der Waals surface area contributed by atoms with Gasteiger partial charge in [0.15, 0.2) is 0 Å². The maximum Gasteiger partial charge on any atom is 0.255 e. The van der Waals surface area contributed by atoms with Crippen LogP contribution in [-0.4, -0.2) is 71.9 Å². The second-order valence-corrected chi connectivity index (χ2v) is 9.06. The topological polar surface area (TPSA) is 93.8 Å². The molecule has 0 aliphatic carbocycles. The fourth-order valence-electron chi connectivity index (χ4n) is 4.85. The molecule has 31 heavy (non-hydrogen) atoms. The number of fused-ring (bicyclic) bond motifs is 1. The van der Waals surface area contributed by atoms with Gasteiger partial charge in [0.05, 0.1) is 5.56 Å². The molecule has 3 aliphatic rings. The number of nitrogens with one attached hydrogen (secondary N) is 3. The number of benzene rings is 1. The van der Waals surface area contributed by atoms with Crippen molar-refractivity contribution in [2.45, 2.75) is 57.7 Å². The zero-order chi connectivity index (χ0) is 22.0. The molecule has 1 spiro atoms. The molecule has 2 atom stereocenters. The molecule has 0 radical (unpaired) electrons. The number of aryl methyl sites for hydroxylation is 1. The summed E-state index contributed by atoms with van der Waals surface area (Å²) >= 11 is 0. The van der Waals surface area contributed by atoms with E-state index >= 15 is 0 Å². The third kappa shape index (κ3) is 4.69. The summed E-state index contributed by atoms with van der Waals surface area (Å²) in [6.45, 7) is 7.83. The third-order valence-corrected chi connectivity index (χ3v) is 6.78. The Kier molecular flexibility index (Phi) is 6.18. The van der Waals surface area contributed by atoms with Crippen molar-refractivity contribution in [3.63, 3.8) is 0 Å². The van der Waals surface area contributed by atoms with Crippen LogP contribution in [0.3, 0.4) is 0 Å². The molecule has 3 amide bonds. The van der Waals surface area contributed by atoms with Crippen LogP contribution in [0.4, 0.5) is 5.69 Å². The fourth-order valence-corrected chi connectivity index (χ4v) is 4.85. The predicted molar refractivity (Wildman–Crippen MR) is 119 cm³/mol. The van der Waals surface area contributed by atoms with Crippen LogP contribution in [-0.2, 0) is 9.59 Å². The van der Waals surface area contributed by atoms with Gasteiger partial charge < -0.3 is 25.8 Å². The highest BCUT2D eigenvalue weighted by Gasteiger charge is 2.41. The molecule has 0 bridgehead atoms. The van der Waals surface area contributed by atoms with Gasteiger partial charge in [0.2, 0.25) is 11.8 Å². The van der Waals surface area contributed by atoms with Crippen LogP contribution in [0.1, 0.15) is 54.9 Å². The standard InChI is InChI=1S/C23H33N5O3/c1-16-5-6-18-19(15-16)25-23(26-22(18)31)8-7-20(29)28(13-9-23)17(2)21(30)24-10-14-27-11-3-4-12-27/h5-6,15,17,25H,3-4,7-14H2,1-2H3,(H,24,30)(H,26,31)/t17-,23+/m0/s1. The summed E-state index contributed by atoms with van der Waals surface area (Å²) in [6, 6.07) is 5.18. The van der Waals surface area contributed by atoms with Crippen LogP contribution in [0.5, 0.6) is 0 Å². The highest BCUT2D eigenvalue weighted by atomic mass is 16.2. The quantitative estimate of drug-likeness (QED) is 0.662. The fraction of sp³-hybridized carbons (Fsp3) is 0.609. The summed E-state index contributed by atoms with van der Waals surface area (Å²) in [6.07, 6.45) is 3.76. The normalized spacial score (nSPS) is 24.9. The minimum atomic E-state index is -0.672. The maximum atomic E-state index is 12.8. The first kappa shape index (κ1) is 21.6. The zero-order valence-corrected chi connectivity index (χ0v) is 18.5. The minimum absolute atomic E-state index is 0.0508. The van der Waals surface area contributed by atoms with E-state index in [0.29, 0.717) is 31.5 Å². The number of nitrogens with zero attached hydrogens (tertiary/aromatic N) is 2. The zero-order valence-electron chi connectivity index (χ0n) is 18.5. The van der Waals surface area contributed by atoms with E-state index in [4.69, 9.17) is 0 Å². The second-order valence-electron chi connectivity index (χ2n) is 9.06. The number of anilines is 1. The van der Waals surface area contributed by atoms with Gasteiger partial charge in [-0.25, -0.2) is 0 Å². The summed E-state index contributed by atoms with van der Waals surface area (Å²) in [5.74, 6) is -0.294. The molecular formula is C23H33N5O3. The average molecular weight is 428 g/mol. The van der Waals surface area contributed by atoms with Gasteiger partial charge in [-0.1, -0.05) is 6.07 Å². The van der Waals surface area contributed by atoms with E-state index < -0.39 is 11.7 Å². The van der Waals surface area contributed by atoms with Crippen LogP contribution in [0.2, 0.25) is 0 Å². The molecule has 0 saturated carbocycles. The van der Waals surface area contributed by atoms with Crippen molar-refractivity contribution in [1.82, 2.24) is 20.4 Å². The average Bonchev–Trinajstić information content (AvgIpc) is 3.20. The first-order chi connectivity index (χ1) is 14.9. The largest absolute Gasteiger partial charge is 0.362 e. The molecule has 0 unspecified atom stereocenters. The lowest BCUT2D eigenvalue weighted by atomic mass is 9.94. The molecule has 4 rings (SSSR count). The van der Waals surface area contributed by atoms with Crippen LogP contribution < -0.4 is 16.0 Å². The van der Waals surface area contributed by atoms with E-state index in [9.17, 15) is 14.4 Å². The number of amides is 3. The molecule has 1 aromatic carbocycles. The predicted octanol–water partition coefficient (Wildman–Crippen LogP) is 1.46. The molecule has 1 aromatic rings. The number of carbonyl (C=O) groups is 3. The summed E-state index contributed by atoms with van der Waals surface area (Å²) in [5, 5.41) is 9.55. The highest BCUT2D eigenvalue weighted by molar-refractivity contribution is 6.02. The monoisotopic (exact) mass is 427 g/mol. The van der Waals surface area contributed by atoms with Gasteiger partial charge in [0.1, 0.15) is 11.7 Å². The molecule has 0 aromatic heterocycles. The van der Waals surface area contributed by atoms with Crippen molar-refractivity contribution in [1.29, 1.82) is 0 Å². The highest BCUT2D eigenvalue weighted by Crippen LogP contribution is 2.32. The summed E-state index contributed by atoms with van der Waals surface area (Å²) in [5.41, 5.74) is 1.82.